The first-order chi connectivity index (χ1) is 8.00. The topological polar surface area (TPSA) is 69.6 Å². The summed E-state index contributed by atoms with van der Waals surface area (Å²) in [5, 5.41) is 21.8. The molecule has 1 fully saturated rings. The highest BCUT2D eigenvalue weighted by atomic mass is 35.5. The standard InChI is InChI=1S/C12H14ClNO3/c13-9-6-8(2-3-10(9)15)11(16)14-7-12(17)4-1-5-12/h2-3,6,15,17H,1,4-5,7H2,(H,14,16). The van der Waals surface area contributed by atoms with Crippen LogP contribution in [0.15, 0.2) is 18.2 Å². The molecule has 2 rings (SSSR count). The maximum absolute atomic E-state index is 11.7. The summed E-state index contributed by atoms with van der Waals surface area (Å²) >= 11 is 5.71. The van der Waals surface area contributed by atoms with Crippen LogP contribution in [0.4, 0.5) is 0 Å². The van der Waals surface area contributed by atoms with E-state index in [1.165, 1.54) is 18.2 Å². The zero-order valence-electron chi connectivity index (χ0n) is 9.24. The van der Waals surface area contributed by atoms with E-state index in [0.717, 1.165) is 19.3 Å². The fourth-order valence-electron chi connectivity index (χ4n) is 1.76. The lowest BCUT2D eigenvalue weighted by atomic mass is 9.80. The van der Waals surface area contributed by atoms with Crippen LogP contribution < -0.4 is 5.32 Å². The number of hydrogen-bond acceptors (Lipinski definition) is 3. The van der Waals surface area contributed by atoms with Crippen LogP contribution in [0.3, 0.4) is 0 Å². The Bertz CT molecular complexity index is 443. The molecule has 1 aliphatic carbocycles. The molecule has 5 heteroatoms. The van der Waals surface area contributed by atoms with Crippen molar-refractivity contribution in [3.8, 4) is 5.75 Å². The summed E-state index contributed by atoms with van der Waals surface area (Å²) in [4.78, 5) is 11.7. The second-order valence-electron chi connectivity index (χ2n) is 4.43. The number of carbonyl (C=O) groups is 1. The van der Waals surface area contributed by atoms with Gasteiger partial charge in [0.25, 0.3) is 5.91 Å². The first-order valence-corrected chi connectivity index (χ1v) is 5.87. The van der Waals surface area contributed by atoms with Gasteiger partial charge in [-0.3, -0.25) is 4.79 Å². The predicted molar refractivity (Wildman–Crippen MR) is 64.3 cm³/mol. The van der Waals surface area contributed by atoms with Crippen molar-refractivity contribution in [1.82, 2.24) is 5.32 Å². The highest BCUT2D eigenvalue weighted by Crippen LogP contribution is 2.30. The minimum atomic E-state index is -0.740. The van der Waals surface area contributed by atoms with E-state index in [-0.39, 0.29) is 23.2 Å². The first-order valence-electron chi connectivity index (χ1n) is 5.49. The highest BCUT2D eigenvalue weighted by molar-refractivity contribution is 6.32. The molecule has 4 nitrogen and oxygen atoms in total. The van der Waals surface area contributed by atoms with Crippen LogP contribution in [0.5, 0.6) is 5.75 Å². The largest absolute Gasteiger partial charge is 0.506 e. The summed E-state index contributed by atoms with van der Waals surface area (Å²) in [6, 6.07) is 4.26. The number of amides is 1. The first kappa shape index (κ1) is 12.2. The van der Waals surface area contributed by atoms with E-state index >= 15 is 0 Å². The molecule has 0 saturated heterocycles. The second-order valence-corrected chi connectivity index (χ2v) is 4.83. The summed E-state index contributed by atoms with van der Waals surface area (Å²) in [6.07, 6.45) is 2.45. The van der Waals surface area contributed by atoms with Crippen LogP contribution in [-0.2, 0) is 0 Å². The summed E-state index contributed by atoms with van der Waals surface area (Å²) in [5.74, 6) is -0.354. The van der Waals surface area contributed by atoms with E-state index in [1.807, 2.05) is 0 Å². The smallest absolute Gasteiger partial charge is 0.251 e. The Morgan fingerprint density at radius 1 is 1.47 bits per heavy atom. The molecular formula is C12H14ClNO3. The van der Waals surface area contributed by atoms with Crippen molar-refractivity contribution in [3.05, 3.63) is 28.8 Å². The zero-order valence-corrected chi connectivity index (χ0v) is 10.00. The Kier molecular flexibility index (Phi) is 3.26. The van der Waals surface area contributed by atoms with Gasteiger partial charge < -0.3 is 15.5 Å². The molecule has 0 spiro atoms. The molecule has 0 aliphatic heterocycles. The van der Waals surface area contributed by atoms with Crippen molar-refractivity contribution < 1.29 is 15.0 Å². The van der Waals surface area contributed by atoms with E-state index < -0.39 is 5.60 Å². The number of aromatic hydroxyl groups is 1. The molecule has 0 radical (unpaired) electrons. The van der Waals surface area contributed by atoms with Crippen molar-refractivity contribution in [1.29, 1.82) is 0 Å². The lowest BCUT2D eigenvalue weighted by molar-refractivity contribution is -0.0300. The molecule has 0 bridgehead atoms. The zero-order chi connectivity index (χ0) is 12.5. The third-order valence-electron chi connectivity index (χ3n) is 3.07. The Morgan fingerprint density at radius 2 is 2.18 bits per heavy atom. The van der Waals surface area contributed by atoms with Crippen LogP contribution in [0.1, 0.15) is 29.6 Å². The van der Waals surface area contributed by atoms with Gasteiger partial charge in [-0.1, -0.05) is 11.6 Å². The summed E-state index contributed by atoms with van der Waals surface area (Å²) in [6.45, 7) is 0.254. The molecule has 1 amide bonds. The van der Waals surface area contributed by atoms with Gasteiger partial charge in [-0.2, -0.15) is 0 Å². The van der Waals surface area contributed by atoms with Gasteiger partial charge in [0, 0.05) is 12.1 Å². The number of nitrogens with one attached hydrogen (secondary N) is 1. The van der Waals surface area contributed by atoms with E-state index in [9.17, 15) is 15.0 Å². The average molecular weight is 256 g/mol. The van der Waals surface area contributed by atoms with E-state index in [1.54, 1.807) is 0 Å². The quantitative estimate of drug-likeness (QED) is 0.770. The normalized spacial score (nSPS) is 17.3. The van der Waals surface area contributed by atoms with Crippen LogP contribution in [0, 0.1) is 0 Å². The maximum atomic E-state index is 11.7. The Labute approximate surface area is 104 Å². The van der Waals surface area contributed by atoms with Gasteiger partial charge in [0.05, 0.1) is 10.6 Å². The third-order valence-corrected chi connectivity index (χ3v) is 3.37. The molecule has 17 heavy (non-hydrogen) atoms. The van der Waals surface area contributed by atoms with Crippen molar-refractivity contribution in [2.75, 3.05) is 6.54 Å². The molecule has 3 N–H and O–H groups in total. The van der Waals surface area contributed by atoms with Gasteiger partial charge >= 0.3 is 0 Å². The lowest BCUT2D eigenvalue weighted by Gasteiger charge is -2.36. The Balaban J connectivity index is 1.97. The number of aliphatic hydroxyl groups is 1. The van der Waals surface area contributed by atoms with Crippen molar-refractivity contribution in [2.45, 2.75) is 24.9 Å². The number of phenolic OH excluding ortho intramolecular Hbond substituents is 1. The van der Waals surface area contributed by atoms with Crippen molar-refractivity contribution >= 4 is 17.5 Å². The van der Waals surface area contributed by atoms with Gasteiger partial charge in [-0.15, -0.1) is 0 Å². The van der Waals surface area contributed by atoms with Gasteiger partial charge in [0.2, 0.25) is 0 Å². The monoisotopic (exact) mass is 255 g/mol. The summed E-state index contributed by atoms with van der Waals surface area (Å²) in [7, 11) is 0. The number of hydrogen-bond donors (Lipinski definition) is 3. The maximum Gasteiger partial charge on any atom is 0.251 e. The minimum absolute atomic E-state index is 0.0548. The van der Waals surface area contributed by atoms with Gasteiger partial charge in [-0.05, 0) is 37.5 Å². The molecular weight excluding hydrogens is 242 g/mol. The molecule has 0 heterocycles. The average Bonchev–Trinajstić information content (AvgIpc) is 2.27. The molecule has 1 aromatic carbocycles. The number of carbonyl (C=O) groups excluding carboxylic acids is 1. The van der Waals surface area contributed by atoms with E-state index in [4.69, 9.17) is 11.6 Å². The number of rotatable bonds is 3. The van der Waals surface area contributed by atoms with Crippen LogP contribution in [-0.4, -0.2) is 28.3 Å². The summed E-state index contributed by atoms with van der Waals surface area (Å²) in [5.41, 5.74) is -0.369. The fraction of sp³-hybridized carbons (Fsp3) is 0.417. The van der Waals surface area contributed by atoms with Gasteiger partial charge in [0.1, 0.15) is 5.75 Å². The molecule has 92 valence electrons. The van der Waals surface area contributed by atoms with E-state index in [2.05, 4.69) is 5.32 Å². The van der Waals surface area contributed by atoms with Gasteiger partial charge in [0.15, 0.2) is 0 Å². The van der Waals surface area contributed by atoms with E-state index in [0.29, 0.717) is 5.56 Å². The molecule has 0 atom stereocenters. The number of phenols is 1. The second kappa shape index (κ2) is 4.55. The minimum Gasteiger partial charge on any atom is -0.506 e. The fourth-order valence-corrected chi connectivity index (χ4v) is 1.94. The number of halogens is 1. The van der Waals surface area contributed by atoms with Crippen LogP contribution >= 0.6 is 11.6 Å². The predicted octanol–water partition coefficient (Wildman–Crippen LogP) is 1.69. The molecule has 0 aromatic heterocycles. The molecule has 1 aromatic rings. The highest BCUT2D eigenvalue weighted by Gasteiger charge is 2.34. The molecule has 1 aliphatic rings. The third kappa shape index (κ3) is 2.70. The number of benzene rings is 1. The van der Waals surface area contributed by atoms with Crippen molar-refractivity contribution in [2.24, 2.45) is 0 Å². The molecule has 1 saturated carbocycles. The lowest BCUT2D eigenvalue weighted by Crippen LogP contribution is -2.47. The molecule has 0 unspecified atom stereocenters. The van der Waals surface area contributed by atoms with Crippen LogP contribution in [0.25, 0.3) is 0 Å². The Hall–Kier alpha value is -1.26. The van der Waals surface area contributed by atoms with Crippen LogP contribution in [0.2, 0.25) is 5.02 Å². The SMILES string of the molecule is O=C(NCC1(O)CCC1)c1ccc(O)c(Cl)c1. The summed E-state index contributed by atoms with van der Waals surface area (Å²) < 4.78 is 0. The van der Waals surface area contributed by atoms with Crippen molar-refractivity contribution in [3.63, 3.8) is 0 Å². The van der Waals surface area contributed by atoms with Gasteiger partial charge in [-0.25, -0.2) is 0 Å². The Morgan fingerprint density at radius 3 is 2.71 bits per heavy atom.